The third kappa shape index (κ3) is 4.12. The highest BCUT2D eigenvalue weighted by Gasteiger charge is 2.25. The standard InChI is InChI=1S/C12H17ClFN3O3S/c1-15-8-9-6-10(13)7-11(12(9)14)21(18,19)16-17-2-4-20-5-3-17/h6-7,15-16H,2-5,8H2,1H3. The van der Waals surface area contributed by atoms with Gasteiger partial charge in [0, 0.05) is 30.2 Å². The zero-order valence-electron chi connectivity index (χ0n) is 11.5. The number of sulfonamides is 1. The predicted octanol–water partition coefficient (Wildman–Crippen LogP) is 0.724. The second-order valence-electron chi connectivity index (χ2n) is 4.60. The van der Waals surface area contributed by atoms with Crippen LogP contribution in [-0.2, 0) is 21.3 Å². The summed E-state index contributed by atoms with van der Waals surface area (Å²) in [5, 5.41) is 4.42. The van der Waals surface area contributed by atoms with Crippen molar-refractivity contribution in [3.63, 3.8) is 0 Å². The molecule has 1 aliphatic heterocycles. The average Bonchev–Trinajstić information content (AvgIpc) is 2.43. The highest BCUT2D eigenvalue weighted by molar-refractivity contribution is 7.89. The second kappa shape index (κ2) is 6.99. The van der Waals surface area contributed by atoms with Crippen molar-refractivity contribution in [1.29, 1.82) is 0 Å². The zero-order chi connectivity index (χ0) is 15.5. The molecule has 1 aliphatic rings. The molecule has 0 spiro atoms. The van der Waals surface area contributed by atoms with Gasteiger partial charge < -0.3 is 10.1 Å². The minimum absolute atomic E-state index is 0.170. The fourth-order valence-corrected chi connectivity index (χ4v) is 3.58. The molecule has 2 N–H and O–H groups in total. The van der Waals surface area contributed by atoms with Crippen LogP contribution in [-0.4, -0.2) is 46.8 Å². The Morgan fingerprint density at radius 1 is 1.38 bits per heavy atom. The normalized spacial score (nSPS) is 17.1. The molecule has 21 heavy (non-hydrogen) atoms. The summed E-state index contributed by atoms with van der Waals surface area (Å²) >= 11 is 5.89. The van der Waals surface area contributed by atoms with Gasteiger partial charge >= 0.3 is 0 Å². The number of rotatable bonds is 5. The third-order valence-electron chi connectivity index (χ3n) is 3.00. The number of hydrogen-bond donors (Lipinski definition) is 2. The van der Waals surface area contributed by atoms with Gasteiger partial charge in [0.2, 0.25) is 0 Å². The van der Waals surface area contributed by atoms with Crippen LogP contribution < -0.4 is 10.1 Å². The van der Waals surface area contributed by atoms with Crippen LogP contribution >= 0.6 is 11.6 Å². The van der Waals surface area contributed by atoms with Crippen LogP contribution in [0.15, 0.2) is 17.0 Å². The molecule has 0 aliphatic carbocycles. The molecule has 0 aromatic heterocycles. The molecule has 2 rings (SSSR count). The Labute approximate surface area is 128 Å². The summed E-state index contributed by atoms with van der Waals surface area (Å²) in [6, 6.07) is 2.51. The first-order chi connectivity index (χ1) is 9.94. The van der Waals surface area contributed by atoms with E-state index in [0.29, 0.717) is 26.3 Å². The van der Waals surface area contributed by atoms with Crippen molar-refractivity contribution in [1.82, 2.24) is 15.2 Å². The van der Waals surface area contributed by atoms with Crippen molar-refractivity contribution in [3.8, 4) is 0 Å². The fraction of sp³-hybridized carbons (Fsp3) is 0.500. The number of ether oxygens (including phenoxy) is 1. The van der Waals surface area contributed by atoms with Gasteiger partial charge in [-0.2, -0.15) is 0 Å². The van der Waals surface area contributed by atoms with E-state index in [-0.39, 0.29) is 17.1 Å². The lowest BCUT2D eigenvalue weighted by molar-refractivity contribution is 0.0272. The lowest BCUT2D eigenvalue weighted by Crippen LogP contribution is -2.48. The molecule has 9 heteroatoms. The highest BCUT2D eigenvalue weighted by Crippen LogP contribution is 2.24. The summed E-state index contributed by atoms with van der Waals surface area (Å²) in [6.07, 6.45) is 0. The molecule has 0 unspecified atom stereocenters. The van der Waals surface area contributed by atoms with Gasteiger partial charge in [-0.1, -0.05) is 11.6 Å². The van der Waals surface area contributed by atoms with Gasteiger partial charge in [-0.05, 0) is 19.2 Å². The monoisotopic (exact) mass is 337 g/mol. The minimum atomic E-state index is -4.02. The van der Waals surface area contributed by atoms with Crippen molar-refractivity contribution in [3.05, 3.63) is 28.5 Å². The van der Waals surface area contributed by atoms with Crippen LogP contribution in [0.3, 0.4) is 0 Å². The smallest absolute Gasteiger partial charge is 0.256 e. The van der Waals surface area contributed by atoms with E-state index in [1.807, 2.05) is 0 Å². The molecular weight excluding hydrogens is 321 g/mol. The average molecular weight is 338 g/mol. The predicted molar refractivity (Wildman–Crippen MR) is 76.9 cm³/mol. The number of morpholine rings is 1. The molecule has 6 nitrogen and oxygen atoms in total. The van der Waals surface area contributed by atoms with Gasteiger partial charge in [0.1, 0.15) is 10.7 Å². The van der Waals surface area contributed by atoms with E-state index in [4.69, 9.17) is 16.3 Å². The number of benzene rings is 1. The van der Waals surface area contributed by atoms with Gasteiger partial charge in [-0.15, -0.1) is 4.83 Å². The van der Waals surface area contributed by atoms with Gasteiger partial charge in [-0.3, -0.25) is 0 Å². The van der Waals surface area contributed by atoms with Crippen LogP contribution in [0.2, 0.25) is 5.02 Å². The van der Waals surface area contributed by atoms with Crippen LogP contribution in [0.4, 0.5) is 4.39 Å². The van der Waals surface area contributed by atoms with Crippen molar-refractivity contribution in [2.24, 2.45) is 0 Å². The molecule has 0 radical (unpaired) electrons. The summed E-state index contributed by atoms with van der Waals surface area (Å²) in [7, 11) is -2.38. The third-order valence-corrected chi connectivity index (χ3v) is 4.59. The molecule has 1 aromatic rings. The lowest BCUT2D eigenvalue weighted by atomic mass is 10.2. The number of hydrogen-bond acceptors (Lipinski definition) is 5. The molecule has 1 fully saturated rings. The van der Waals surface area contributed by atoms with E-state index in [1.54, 1.807) is 7.05 Å². The van der Waals surface area contributed by atoms with E-state index in [9.17, 15) is 12.8 Å². The molecule has 1 saturated heterocycles. The SMILES string of the molecule is CNCc1cc(Cl)cc(S(=O)(=O)NN2CCOCC2)c1F. The quantitative estimate of drug-likeness (QED) is 0.828. The van der Waals surface area contributed by atoms with Crippen LogP contribution in [0.5, 0.6) is 0 Å². The van der Waals surface area contributed by atoms with E-state index in [1.165, 1.54) is 11.1 Å². The molecule has 1 heterocycles. The molecule has 0 bridgehead atoms. The van der Waals surface area contributed by atoms with Crippen LogP contribution in [0, 0.1) is 5.82 Å². The zero-order valence-corrected chi connectivity index (χ0v) is 13.1. The lowest BCUT2D eigenvalue weighted by Gasteiger charge is -2.26. The van der Waals surface area contributed by atoms with Crippen molar-refractivity contribution < 1.29 is 17.5 Å². The van der Waals surface area contributed by atoms with Crippen LogP contribution in [0.1, 0.15) is 5.56 Å². The van der Waals surface area contributed by atoms with Gasteiger partial charge in [0.05, 0.1) is 13.2 Å². The molecule has 118 valence electrons. The Kier molecular flexibility index (Phi) is 5.53. The largest absolute Gasteiger partial charge is 0.379 e. The van der Waals surface area contributed by atoms with Gasteiger partial charge in [-0.25, -0.2) is 17.8 Å². The van der Waals surface area contributed by atoms with Crippen LogP contribution in [0.25, 0.3) is 0 Å². The summed E-state index contributed by atoms with van der Waals surface area (Å²) in [4.78, 5) is 1.90. The Hall–Kier alpha value is -0.770. The number of halogens is 2. The first kappa shape index (κ1) is 16.6. The van der Waals surface area contributed by atoms with E-state index in [2.05, 4.69) is 10.1 Å². The maximum absolute atomic E-state index is 14.3. The van der Waals surface area contributed by atoms with Gasteiger partial charge in [0.15, 0.2) is 0 Å². The molecule has 1 aromatic carbocycles. The van der Waals surface area contributed by atoms with Crippen molar-refractivity contribution >= 4 is 21.6 Å². The van der Waals surface area contributed by atoms with Gasteiger partial charge in [0.25, 0.3) is 10.0 Å². The highest BCUT2D eigenvalue weighted by atomic mass is 35.5. The number of nitrogens with one attached hydrogen (secondary N) is 2. The minimum Gasteiger partial charge on any atom is -0.379 e. The number of nitrogens with zero attached hydrogens (tertiary/aromatic N) is 1. The summed E-state index contributed by atoms with van der Waals surface area (Å²) in [5.74, 6) is -0.797. The maximum atomic E-state index is 14.3. The topological polar surface area (TPSA) is 70.7 Å². The maximum Gasteiger partial charge on any atom is 0.256 e. The van der Waals surface area contributed by atoms with E-state index >= 15 is 0 Å². The second-order valence-corrected chi connectivity index (χ2v) is 6.67. The van der Waals surface area contributed by atoms with E-state index in [0.717, 1.165) is 6.07 Å². The molecule has 0 amide bonds. The van der Waals surface area contributed by atoms with Crippen molar-refractivity contribution in [2.45, 2.75) is 11.4 Å². The molecule has 0 saturated carbocycles. The molecular formula is C12H17ClFN3O3S. The van der Waals surface area contributed by atoms with E-state index < -0.39 is 20.7 Å². The fourth-order valence-electron chi connectivity index (χ4n) is 2.01. The number of hydrazine groups is 1. The summed E-state index contributed by atoms with van der Waals surface area (Å²) in [6.45, 7) is 1.85. The first-order valence-electron chi connectivity index (χ1n) is 6.41. The first-order valence-corrected chi connectivity index (χ1v) is 8.28. The molecule has 0 atom stereocenters. The Morgan fingerprint density at radius 2 is 2.05 bits per heavy atom. The summed E-state index contributed by atoms with van der Waals surface area (Å²) in [5.41, 5.74) is 0.201. The Morgan fingerprint density at radius 3 is 2.67 bits per heavy atom. The Balaban J connectivity index is 2.30. The summed E-state index contributed by atoms with van der Waals surface area (Å²) < 4.78 is 44.1. The van der Waals surface area contributed by atoms with Crippen molar-refractivity contribution in [2.75, 3.05) is 33.4 Å². The Bertz CT molecular complexity index is 606.